The van der Waals surface area contributed by atoms with Gasteiger partial charge < -0.3 is 5.11 Å². The fourth-order valence-corrected chi connectivity index (χ4v) is 1.23. The average Bonchev–Trinajstić information content (AvgIpc) is 2.16. The van der Waals surface area contributed by atoms with Crippen LogP contribution in [0.1, 0.15) is 23.0 Å². The van der Waals surface area contributed by atoms with Crippen LogP contribution in [0.3, 0.4) is 0 Å². The van der Waals surface area contributed by atoms with Gasteiger partial charge in [0.15, 0.2) is 0 Å². The number of hydrogen-bond acceptors (Lipinski definition) is 3. The first-order valence-electron chi connectivity index (χ1n) is 3.99. The van der Waals surface area contributed by atoms with Gasteiger partial charge in [0.1, 0.15) is 5.15 Å². The fraction of sp³-hybridized carbons (Fsp3) is 0.222. The van der Waals surface area contributed by atoms with Crippen LogP contribution in [-0.4, -0.2) is 21.8 Å². The maximum Gasteiger partial charge on any atom is 0.377 e. The van der Waals surface area contributed by atoms with Crippen molar-refractivity contribution in [3.63, 3.8) is 0 Å². The number of carboxylic acids is 1. The number of aromatic nitrogens is 1. The standard InChI is InChI=1S/C9H8ClNO3/c1-2-6-5(8(12)9(13)14)3-4-7(10)11-6/h3-4H,2H2,1H3,(H,13,14). The van der Waals surface area contributed by atoms with Crippen LogP contribution in [0.2, 0.25) is 5.15 Å². The van der Waals surface area contributed by atoms with Crippen molar-refractivity contribution in [1.82, 2.24) is 4.98 Å². The number of carboxylic acid groups (broad SMARTS) is 1. The van der Waals surface area contributed by atoms with Gasteiger partial charge in [0.2, 0.25) is 0 Å². The molecule has 0 spiro atoms. The number of Topliss-reactive ketones (excluding diaryl/α,β-unsaturated/α-hetero) is 1. The number of rotatable bonds is 3. The molecule has 0 unspecified atom stereocenters. The van der Waals surface area contributed by atoms with E-state index in [0.29, 0.717) is 12.1 Å². The third-order valence-corrected chi connectivity index (χ3v) is 1.92. The molecule has 4 nitrogen and oxygen atoms in total. The molecule has 1 rings (SSSR count). The summed E-state index contributed by atoms with van der Waals surface area (Å²) in [5, 5.41) is 8.77. The van der Waals surface area contributed by atoms with Crippen LogP contribution in [0.25, 0.3) is 0 Å². The zero-order valence-electron chi connectivity index (χ0n) is 7.45. The molecule has 0 atom stereocenters. The largest absolute Gasteiger partial charge is 0.475 e. The minimum Gasteiger partial charge on any atom is -0.475 e. The number of ketones is 1. The van der Waals surface area contributed by atoms with Crippen LogP contribution >= 0.6 is 11.6 Å². The monoisotopic (exact) mass is 213 g/mol. The smallest absolute Gasteiger partial charge is 0.377 e. The first-order valence-corrected chi connectivity index (χ1v) is 4.37. The highest BCUT2D eigenvalue weighted by molar-refractivity contribution is 6.40. The molecule has 5 heteroatoms. The molecule has 0 amide bonds. The molecule has 0 bridgehead atoms. The Morgan fingerprint density at radius 3 is 2.64 bits per heavy atom. The minimum absolute atomic E-state index is 0.101. The van der Waals surface area contributed by atoms with E-state index in [1.165, 1.54) is 12.1 Å². The van der Waals surface area contributed by atoms with Gasteiger partial charge in [-0.2, -0.15) is 0 Å². The Labute approximate surface area is 85.5 Å². The number of hydrogen-bond donors (Lipinski definition) is 1. The highest BCUT2D eigenvalue weighted by Gasteiger charge is 2.18. The Kier molecular flexibility index (Phi) is 3.19. The van der Waals surface area contributed by atoms with Gasteiger partial charge in [-0.3, -0.25) is 4.79 Å². The predicted molar refractivity (Wildman–Crippen MR) is 50.6 cm³/mol. The number of carbonyl (C=O) groups is 2. The SMILES string of the molecule is CCc1nc(Cl)ccc1C(=O)C(=O)O. The first-order chi connectivity index (χ1) is 6.56. The Morgan fingerprint density at radius 1 is 1.50 bits per heavy atom. The van der Waals surface area contributed by atoms with Gasteiger partial charge in [-0.05, 0) is 18.6 Å². The second-order valence-corrected chi connectivity index (χ2v) is 3.00. The van der Waals surface area contributed by atoms with Crippen molar-refractivity contribution in [1.29, 1.82) is 0 Å². The minimum atomic E-state index is -1.48. The molecule has 0 aliphatic carbocycles. The van der Waals surface area contributed by atoms with Crippen molar-refractivity contribution in [2.45, 2.75) is 13.3 Å². The summed E-state index contributed by atoms with van der Waals surface area (Å²) in [6, 6.07) is 2.78. The van der Waals surface area contributed by atoms with Gasteiger partial charge in [0.05, 0.1) is 11.3 Å². The summed E-state index contributed by atoms with van der Waals surface area (Å²) in [6.45, 7) is 1.78. The van der Waals surface area contributed by atoms with Gasteiger partial charge >= 0.3 is 5.97 Å². The molecule has 0 radical (unpaired) electrons. The summed E-state index contributed by atoms with van der Waals surface area (Å²) in [4.78, 5) is 25.5. The molecule has 1 aromatic heterocycles. The molecular formula is C9H8ClNO3. The van der Waals surface area contributed by atoms with E-state index in [0.717, 1.165) is 0 Å². The van der Waals surface area contributed by atoms with E-state index in [9.17, 15) is 9.59 Å². The molecule has 1 aromatic rings. The van der Waals surface area contributed by atoms with E-state index in [1.807, 2.05) is 0 Å². The summed E-state index contributed by atoms with van der Waals surface area (Å²) in [6.07, 6.45) is 0.467. The van der Waals surface area contributed by atoms with Crippen molar-refractivity contribution in [3.05, 3.63) is 28.5 Å². The molecule has 0 fully saturated rings. The number of aryl methyl sites for hydroxylation is 1. The number of halogens is 1. The maximum atomic E-state index is 11.2. The van der Waals surface area contributed by atoms with Gasteiger partial charge in [-0.15, -0.1) is 0 Å². The molecule has 1 N–H and O–H groups in total. The van der Waals surface area contributed by atoms with Gasteiger partial charge in [-0.1, -0.05) is 18.5 Å². The Balaban J connectivity index is 3.20. The second kappa shape index (κ2) is 4.19. The summed E-state index contributed by atoms with van der Waals surface area (Å²) in [5.41, 5.74) is 0.509. The first kappa shape index (κ1) is 10.7. The quantitative estimate of drug-likeness (QED) is 0.470. The summed E-state index contributed by atoms with van der Waals surface area (Å²) in [7, 11) is 0. The van der Waals surface area contributed by atoms with Gasteiger partial charge in [0.25, 0.3) is 5.78 Å². The average molecular weight is 214 g/mol. The van der Waals surface area contributed by atoms with Gasteiger partial charge in [-0.25, -0.2) is 9.78 Å². The van der Waals surface area contributed by atoms with E-state index in [2.05, 4.69) is 4.98 Å². The van der Waals surface area contributed by atoms with Crippen LogP contribution in [0, 0.1) is 0 Å². The van der Waals surface area contributed by atoms with E-state index in [1.54, 1.807) is 6.92 Å². The van der Waals surface area contributed by atoms with Crippen LogP contribution in [-0.2, 0) is 11.2 Å². The molecule has 74 valence electrons. The molecular weight excluding hydrogens is 206 g/mol. The van der Waals surface area contributed by atoms with Crippen LogP contribution < -0.4 is 0 Å². The summed E-state index contributed by atoms with van der Waals surface area (Å²) >= 11 is 5.61. The summed E-state index contributed by atoms with van der Waals surface area (Å²) < 4.78 is 0. The van der Waals surface area contributed by atoms with Crippen LogP contribution in [0.15, 0.2) is 12.1 Å². The van der Waals surface area contributed by atoms with Crippen LogP contribution in [0.4, 0.5) is 0 Å². The number of carbonyl (C=O) groups excluding carboxylic acids is 1. The van der Waals surface area contributed by atoms with Crippen LogP contribution in [0.5, 0.6) is 0 Å². The van der Waals surface area contributed by atoms with E-state index < -0.39 is 11.8 Å². The van der Waals surface area contributed by atoms with Crippen molar-refractivity contribution in [2.24, 2.45) is 0 Å². The molecule has 0 aromatic carbocycles. The molecule has 0 saturated heterocycles. The van der Waals surface area contributed by atoms with Gasteiger partial charge in [0, 0.05) is 0 Å². The molecule has 1 heterocycles. The predicted octanol–water partition coefficient (Wildman–Crippen LogP) is 1.56. The maximum absolute atomic E-state index is 11.2. The van der Waals surface area contributed by atoms with E-state index in [-0.39, 0.29) is 10.7 Å². The lowest BCUT2D eigenvalue weighted by molar-refractivity contribution is -0.131. The lowest BCUT2D eigenvalue weighted by Crippen LogP contribution is -2.15. The van der Waals surface area contributed by atoms with Crippen molar-refractivity contribution in [3.8, 4) is 0 Å². The summed E-state index contributed by atoms with van der Waals surface area (Å²) in [5.74, 6) is -2.44. The molecule has 0 saturated carbocycles. The molecule has 14 heavy (non-hydrogen) atoms. The Bertz CT molecular complexity index is 390. The van der Waals surface area contributed by atoms with Crippen molar-refractivity contribution >= 4 is 23.4 Å². The highest BCUT2D eigenvalue weighted by Crippen LogP contribution is 2.12. The van der Waals surface area contributed by atoms with E-state index >= 15 is 0 Å². The second-order valence-electron chi connectivity index (χ2n) is 2.62. The Hall–Kier alpha value is -1.42. The zero-order valence-corrected chi connectivity index (χ0v) is 8.21. The lowest BCUT2D eigenvalue weighted by Gasteiger charge is -2.02. The third kappa shape index (κ3) is 2.09. The lowest BCUT2D eigenvalue weighted by atomic mass is 10.1. The number of aliphatic carboxylic acids is 1. The molecule has 0 aliphatic rings. The third-order valence-electron chi connectivity index (χ3n) is 1.71. The number of nitrogens with zero attached hydrogens (tertiary/aromatic N) is 1. The Morgan fingerprint density at radius 2 is 2.14 bits per heavy atom. The normalized spacial score (nSPS) is 9.86. The highest BCUT2D eigenvalue weighted by atomic mass is 35.5. The van der Waals surface area contributed by atoms with Crippen molar-refractivity contribution in [2.75, 3.05) is 0 Å². The number of pyridine rings is 1. The van der Waals surface area contributed by atoms with Crippen molar-refractivity contribution < 1.29 is 14.7 Å². The fourth-order valence-electron chi connectivity index (χ4n) is 1.07. The molecule has 0 aliphatic heterocycles. The van der Waals surface area contributed by atoms with E-state index in [4.69, 9.17) is 16.7 Å². The topological polar surface area (TPSA) is 67.3 Å². The zero-order chi connectivity index (χ0) is 10.7.